The molecule has 25 heavy (non-hydrogen) atoms. The summed E-state index contributed by atoms with van der Waals surface area (Å²) in [5, 5.41) is 14.6. The predicted octanol–water partition coefficient (Wildman–Crippen LogP) is 3.96. The first kappa shape index (κ1) is 16.7. The maximum absolute atomic E-state index is 12.2. The highest BCUT2D eigenvalue weighted by molar-refractivity contribution is 5.96. The molecule has 1 aromatic heterocycles. The fourth-order valence-corrected chi connectivity index (χ4v) is 3.18. The quantitative estimate of drug-likeness (QED) is 0.889. The van der Waals surface area contributed by atoms with Gasteiger partial charge in [0.05, 0.1) is 23.9 Å². The van der Waals surface area contributed by atoms with E-state index in [9.17, 15) is 4.79 Å². The van der Waals surface area contributed by atoms with E-state index in [2.05, 4.69) is 27.8 Å². The van der Waals surface area contributed by atoms with E-state index < -0.39 is 0 Å². The summed E-state index contributed by atoms with van der Waals surface area (Å²) in [6.07, 6.45) is 8.44. The molecule has 1 aliphatic carbocycles. The predicted molar refractivity (Wildman–Crippen MR) is 98.0 cm³/mol. The summed E-state index contributed by atoms with van der Waals surface area (Å²) in [6.45, 7) is 1.85. The van der Waals surface area contributed by atoms with Crippen LogP contribution in [0, 0.1) is 11.3 Å². The molecule has 0 saturated carbocycles. The number of fused-ring (bicyclic) bond motifs is 1. The van der Waals surface area contributed by atoms with Crippen molar-refractivity contribution in [3.8, 4) is 17.2 Å². The average molecular weight is 332 g/mol. The molecule has 0 atom stereocenters. The normalized spacial score (nSPS) is 12.6. The van der Waals surface area contributed by atoms with Crippen LogP contribution in [-0.2, 0) is 19.3 Å². The number of aryl methyl sites for hydroxylation is 1. The first-order valence-corrected chi connectivity index (χ1v) is 8.38. The van der Waals surface area contributed by atoms with Gasteiger partial charge in [-0.3, -0.25) is 4.98 Å². The average Bonchev–Trinajstić information content (AvgIpc) is 3.10. The largest absolute Gasteiger partial charge is 0.323 e. The molecule has 0 saturated heterocycles. The van der Waals surface area contributed by atoms with E-state index in [1.807, 2.05) is 25.1 Å². The summed E-state index contributed by atoms with van der Waals surface area (Å²) in [5.41, 5.74) is 5.98. The van der Waals surface area contributed by atoms with Gasteiger partial charge in [-0.1, -0.05) is 18.2 Å². The Balaban J connectivity index is 2.03. The van der Waals surface area contributed by atoms with Gasteiger partial charge in [-0.25, -0.2) is 4.79 Å². The van der Waals surface area contributed by atoms with Gasteiger partial charge in [-0.2, -0.15) is 5.26 Å². The molecule has 0 fully saturated rings. The van der Waals surface area contributed by atoms with Crippen LogP contribution in [0.2, 0.25) is 0 Å². The van der Waals surface area contributed by atoms with E-state index in [4.69, 9.17) is 5.26 Å². The van der Waals surface area contributed by atoms with Crippen LogP contribution in [-0.4, -0.2) is 11.0 Å². The Labute approximate surface area is 147 Å². The van der Waals surface area contributed by atoms with Gasteiger partial charge in [-0.15, -0.1) is 0 Å². The molecule has 126 valence electrons. The summed E-state index contributed by atoms with van der Waals surface area (Å²) in [5.74, 6) is 0. The van der Waals surface area contributed by atoms with E-state index in [1.165, 1.54) is 11.1 Å². The molecular weight excluding hydrogens is 312 g/mol. The number of nitriles is 1. The molecule has 2 amide bonds. The summed E-state index contributed by atoms with van der Waals surface area (Å²) >= 11 is 0. The molecule has 0 spiro atoms. The highest BCUT2D eigenvalue weighted by Gasteiger charge is 2.20. The minimum atomic E-state index is -0.258. The Morgan fingerprint density at radius 1 is 1.36 bits per heavy atom. The van der Waals surface area contributed by atoms with Crippen molar-refractivity contribution in [2.24, 2.45) is 0 Å². The minimum absolute atomic E-state index is 0.258. The van der Waals surface area contributed by atoms with Crippen molar-refractivity contribution < 1.29 is 4.79 Å². The maximum Gasteiger partial charge on any atom is 0.323 e. The van der Waals surface area contributed by atoms with Crippen molar-refractivity contribution in [3.05, 3.63) is 59.6 Å². The Morgan fingerprint density at radius 2 is 2.24 bits per heavy atom. The Kier molecular flexibility index (Phi) is 5.10. The number of carbonyl (C=O) groups is 1. The standard InChI is InChI=1S/C20H20N4O/c1-2-11-23-20(25)24-19-17-5-3-4-14(17)6-7-18(19)15-9-12-22-16(13-15)8-10-21/h2,6-7,9,11-13H,3-5,8H2,1H3,(H2,23,24,25)/b11-2+. The number of urea groups is 1. The molecule has 0 bridgehead atoms. The van der Waals surface area contributed by atoms with Gasteiger partial charge >= 0.3 is 6.03 Å². The number of anilines is 1. The third-order valence-electron chi connectivity index (χ3n) is 4.29. The van der Waals surface area contributed by atoms with Crippen LogP contribution in [0.1, 0.15) is 30.2 Å². The number of amides is 2. The third kappa shape index (κ3) is 3.69. The fourth-order valence-electron chi connectivity index (χ4n) is 3.18. The van der Waals surface area contributed by atoms with Crippen LogP contribution in [0.4, 0.5) is 10.5 Å². The lowest BCUT2D eigenvalue weighted by atomic mass is 9.97. The van der Waals surface area contributed by atoms with E-state index >= 15 is 0 Å². The molecule has 1 aliphatic rings. The number of hydrogen-bond acceptors (Lipinski definition) is 3. The monoisotopic (exact) mass is 332 g/mol. The van der Waals surface area contributed by atoms with Crippen LogP contribution in [0.25, 0.3) is 11.1 Å². The van der Waals surface area contributed by atoms with Crippen LogP contribution < -0.4 is 10.6 Å². The van der Waals surface area contributed by atoms with Crippen molar-refractivity contribution in [2.75, 3.05) is 5.32 Å². The van der Waals surface area contributed by atoms with Gasteiger partial charge in [0.2, 0.25) is 0 Å². The van der Waals surface area contributed by atoms with Gasteiger partial charge in [0.1, 0.15) is 0 Å². The van der Waals surface area contributed by atoms with Crippen molar-refractivity contribution in [1.29, 1.82) is 5.26 Å². The number of nitrogens with zero attached hydrogens (tertiary/aromatic N) is 2. The van der Waals surface area contributed by atoms with Crippen LogP contribution in [0.5, 0.6) is 0 Å². The smallest absolute Gasteiger partial charge is 0.315 e. The Morgan fingerprint density at radius 3 is 3.04 bits per heavy atom. The van der Waals surface area contributed by atoms with Gasteiger partial charge < -0.3 is 10.6 Å². The van der Waals surface area contributed by atoms with E-state index in [0.717, 1.165) is 41.8 Å². The molecule has 5 heteroatoms. The fraction of sp³-hybridized carbons (Fsp3) is 0.250. The molecule has 0 aliphatic heterocycles. The molecule has 1 aromatic carbocycles. The molecular formula is C20H20N4O. The number of rotatable bonds is 4. The van der Waals surface area contributed by atoms with Gasteiger partial charge in [-0.05, 0) is 55.0 Å². The molecule has 0 radical (unpaired) electrons. The number of aromatic nitrogens is 1. The Hall–Kier alpha value is -3.13. The number of benzene rings is 1. The van der Waals surface area contributed by atoms with Gasteiger partial charge in [0.15, 0.2) is 0 Å². The number of allylic oxidation sites excluding steroid dienone is 1. The summed E-state index contributed by atoms with van der Waals surface area (Å²) < 4.78 is 0. The second-order valence-corrected chi connectivity index (χ2v) is 5.95. The molecule has 1 heterocycles. The highest BCUT2D eigenvalue weighted by atomic mass is 16.2. The first-order valence-electron chi connectivity index (χ1n) is 8.38. The van der Waals surface area contributed by atoms with E-state index in [0.29, 0.717) is 0 Å². The lowest BCUT2D eigenvalue weighted by Crippen LogP contribution is -2.24. The lowest BCUT2D eigenvalue weighted by molar-refractivity contribution is 0.255. The topological polar surface area (TPSA) is 77.8 Å². The minimum Gasteiger partial charge on any atom is -0.315 e. The highest BCUT2D eigenvalue weighted by Crippen LogP contribution is 2.37. The van der Waals surface area contributed by atoms with E-state index in [-0.39, 0.29) is 12.5 Å². The zero-order chi connectivity index (χ0) is 17.6. The van der Waals surface area contributed by atoms with Crippen LogP contribution in [0.3, 0.4) is 0 Å². The first-order chi connectivity index (χ1) is 12.2. The van der Waals surface area contributed by atoms with Crippen molar-refractivity contribution in [2.45, 2.75) is 32.6 Å². The second kappa shape index (κ2) is 7.63. The molecule has 2 N–H and O–H groups in total. The van der Waals surface area contributed by atoms with Crippen LogP contribution in [0.15, 0.2) is 42.7 Å². The summed E-state index contributed by atoms with van der Waals surface area (Å²) in [6, 6.07) is 9.87. The van der Waals surface area contributed by atoms with Gasteiger partial charge in [0.25, 0.3) is 0 Å². The lowest BCUT2D eigenvalue weighted by Gasteiger charge is -2.16. The number of hydrogen-bond donors (Lipinski definition) is 2. The molecule has 0 unspecified atom stereocenters. The molecule has 3 rings (SSSR count). The van der Waals surface area contributed by atoms with E-state index in [1.54, 1.807) is 18.5 Å². The zero-order valence-corrected chi connectivity index (χ0v) is 14.2. The van der Waals surface area contributed by atoms with Crippen molar-refractivity contribution >= 4 is 11.7 Å². The number of nitrogens with one attached hydrogen (secondary N) is 2. The molecule has 2 aromatic rings. The Bertz CT molecular complexity index is 864. The number of carbonyl (C=O) groups excluding carboxylic acids is 1. The maximum atomic E-state index is 12.2. The molecule has 5 nitrogen and oxygen atoms in total. The van der Waals surface area contributed by atoms with Crippen LogP contribution >= 0.6 is 0 Å². The SMILES string of the molecule is C/C=C/NC(=O)Nc1c(-c2ccnc(CC#N)c2)ccc2c1CCC2. The zero-order valence-electron chi connectivity index (χ0n) is 14.2. The summed E-state index contributed by atoms with van der Waals surface area (Å²) in [7, 11) is 0. The van der Waals surface area contributed by atoms with Crippen molar-refractivity contribution in [1.82, 2.24) is 10.3 Å². The van der Waals surface area contributed by atoms with Crippen molar-refractivity contribution in [3.63, 3.8) is 0 Å². The second-order valence-electron chi connectivity index (χ2n) is 5.95. The number of pyridine rings is 1. The third-order valence-corrected chi connectivity index (χ3v) is 4.29. The summed E-state index contributed by atoms with van der Waals surface area (Å²) in [4.78, 5) is 16.4. The van der Waals surface area contributed by atoms with Gasteiger partial charge in [0, 0.05) is 18.0 Å².